The topological polar surface area (TPSA) is 99.3 Å². The molecule has 0 saturated heterocycles. The van der Waals surface area contributed by atoms with Crippen molar-refractivity contribution in [2.24, 2.45) is 5.73 Å². The number of carbonyl (C=O) groups is 1. The van der Waals surface area contributed by atoms with E-state index >= 15 is 0 Å². The molecule has 2 aromatic rings. The Kier molecular flexibility index (Phi) is 2.59. The number of fused-ring (bicyclic) bond motifs is 1. The quantitative estimate of drug-likeness (QED) is 0.588. The smallest absolute Gasteiger partial charge is 0.340 e. The number of primary amides is 1. The van der Waals surface area contributed by atoms with Gasteiger partial charge >= 0.3 is 5.63 Å². The van der Waals surface area contributed by atoms with Crippen LogP contribution >= 0.6 is 0 Å². The van der Waals surface area contributed by atoms with E-state index in [2.05, 4.69) is 0 Å². The molecule has 1 heterocycles. The van der Waals surface area contributed by atoms with Gasteiger partial charge in [0.05, 0.1) is 12.0 Å². The summed E-state index contributed by atoms with van der Waals surface area (Å²) in [5, 5.41) is 0.656. The SMILES string of the molecule is Cc1c(CC(N)=O)c(=O)oc2cccc(N)c12. The van der Waals surface area contributed by atoms with Crippen molar-refractivity contribution in [3.05, 3.63) is 39.7 Å². The first-order valence-electron chi connectivity index (χ1n) is 5.09. The standard InChI is InChI=1S/C12H12N2O3/c1-6-7(5-10(14)15)12(16)17-9-4-2-3-8(13)11(6)9/h2-4H,5,13H2,1H3,(H2,14,15). The van der Waals surface area contributed by atoms with Gasteiger partial charge in [0.1, 0.15) is 5.58 Å². The van der Waals surface area contributed by atoms with Gasteiger partial charge in [0.2, 0.25) is 5.91 Å². The van der Waals surface area contributed by atoms with Gasteiger partial charge in [-0.25, -0.2) is 4.79 Å². The van der Waals surface area contributed by atoms with Crippen molar-refractivity contribution in [3.63, 3.8) is 0 Å². The Labute approximate surface area is 97.0 Å². The van der Waals surface area contributed by atoms with Crippen molar-refractivity contribution in [1.82, 2.24) is 0 Å². The molecule has 0 aliphatic rings. The van der Waals surface area contributed by atoms with Crippen LogP contribution in [0.1, 0.15) is 11.1 Å². The van der Waals surface area contributed by atoms with Crippen LogP contribution in [-0.4, -0.2) is 5.91 Å². The van der Waals surface area contributed by atoms with Gasteiger partial charge in [-0.2, -0.15) is 0 Å². The molecule has 17 heavy (non-hydrogen) atoms. The van der Waals surface area contributed by atoms with Crippen molar-refractivity contribution >= 4 is 22.6 Å². The molecular formula is C12H12N2O3. The zero-order valence-corrected chi connectivity index (χ0v) is 9.32. The van der Waals surface area contributed by atoms with E-state index < -0.39 is 11.5 Å². The third-order valence-electron chi connectivity index (χ3n) is 2.69. The highest BCUT2D eigenvalue weighted by Crippen LogP contribution is 2.25. The van der Waals surface area contributed by atoms with E-state index in [0.29, 0.717) is 22.2 Å². The summed E-state index contributed by atoms with van der Waals surface area (Å²) in [5.41, 5.74) is 12.2. The van der Waals surface area contributed by atoms with E-state index in [0.717, 1.165) is 0 Å². The Hall–Kier alpha value is -2.30. The normalized spacial score (nSPS) is 10.6. The monoisotopic (exact) mass is 232 g/mol. The lowest BCUT2D eigenvalue weighted by atomic mass is 10.0. The maximum absolute atomic E-state index is 11.7. The molecule has 0 aliphatic heterocycles. The molecule has 5 heteroatoms. The van der Waals surface area contributed by atoms with Crippen molar-refractivity contribution in [3.8, 4) is 0 Å². The summed E-state index contributed by atoms with van der Waals surface area (Å²) < 4.78 is 5.11. The number of hydrogen-bond acceptors (Lipinski definition) is 4. The predicted molar refractivity (Wildman–Crippen MR) is 64.5 cm³/mol. The lowest BCUT2D eigenvalue weighted by Gasteiger charge is -2.07. The number of benzene rings is 1. The highest BCUT2D eigenvalue weighted by Gasteiger charge is 2.14. The summed E-state index contributed by atoms with van der Waals surface area (Å²) >= 11 is 0. The second-order valence-electron chi connectivity index (χ2n) is 3.86. The number of nitrogens with two attached hydrogens (primary N) is 2. The summed E-state index contributed by atoms with van der Waals surface area (Å²) in [6.07, 6.45) is -0.140. The zero-order chi connectivity index (χ0) is 12.6. The molecule has 0 saturated carbocycles. The van der Waals surface area contributed by atoms with E-state index in [4.69, 9.17) is 15.9 Å². The fraction of sp³-hybridized carbons (Fsp3) is 0.167. The zero-order valence-electron chi connectivity index (χ0n) is 9.32. The van der Waals surface area contributed by atoms with Gasteiger partial charge in [-0.05, 0) is 24.6 Å². The first-order valence-corrected chi connectivity index (χ1v) is 5.09. The van der Waals surface area contributed by atoms with E-state index in [1.807, 2.05) is 0 Å². The van der Waals surface area contributed by atoms with Crippen LogP contribution in [0.5, 0.6) is 0 Å². The molecular weight excluding hydrogens is 220 g/mol. The van der Waals surface area contributed by atoms with Crippen LogP contribution < -0.4 is 17.1 Å². The van der Waals surface area contributed by atoms with Gasteiger partial charge in [0.25, 0.3) is 0 Å². The molecule has 5 nitrogen and oxygen atoms in total. The number of anilines is 1. The first kappa shape index (κ1) is 11.2. The summed E-state index contributed by atoms with van der Waals surface area (Å²) in [5.74, 6) is -0.575. The summed E-state index contributed by atoms with van der Waals surface area (Å²) in [6, 6.07) is 5.07. The molecule has 0 spiro atoms. The van der Waals surface area contributed by atoms with Crippen molar-refractivity contribution < 1.29 is 9.21 Å². The molecule has 0 radical (unpaired) electrons. The number of hydrogen-bond donors (Lipinski definition) is 2. The number of carbonyl (C=O) groups excluding carboxylic acids is 1. The molecule has 4 N–H and O–H groups in total. The fourth-order valence-electron chi connectivity index (χ4n) is 1.88. The summed E-state index contributed by atoms with van der Waals surface area (Å²) in [7, 11) is 0. The summed E-state index contributed by atoms with van der Waals surface area (Å²) in [4.78, 5) is 22.6. The highest BCUT2D eigenvalue weighted by molar-refractivity contribution is 5.93. The lowest BCUT2D eigenvalue weighted by molar-refractivity contribution is -0.117. The second kappa shape index (κ2) is 3.93. The van der Waals surface area contributed by atoms with Crippen molar-refractivity contribution in [2.75, 3.05) is 5.73 Å². The Bertz CT molecular complexity index is 659. The minimum Gasteiger partial charge on any atom is -0.422 e. The largest absolute Gasteiger partial charge is 0.422 e. The lowest BCUT2D eigenvalue weighted by Crippen LogP contribution is -2.20. The van der Waals surface area contributed by atoms with Crippen LogP contribution in [0, 0.1) is 6.92 Å². The van der Waals surface area contributed by atoms with Crippen LogP contribution in [0.2, 0.25) is 0 Å². The third-order valence-corrected chi connectivity index (χ3v) is 2.69. The molecule has 88 valence electrons. The van der Waals surface area contributed by atoms with Crippen LogP contribution in [0.4, 0.5) is 5.69 Å². The number of nitrogen functional groups attached to an aromatic ring is 1. The Balaban J connectivity index is 2.83. The molecule has 1 amide bonds. The van der Waals surface area contributed by atoms with Gasteiger partial charge in [0.15, 0.2) is 0 Å². The second-order valence-corrected chi connectivity index (χ2v) is 3.86. The molecule has 0 unspecified atom stereocenters. The van der Waals surface area contributed by atoms with E-state index in [1.165, 1.54) is 0 Å². The molecule has 0 aliphatic carbocycles. The summed E-state index contributed by atoms with van der Waals surface area (Å²) in [6.45, 7) is 1.73. The van der Waals surface area contributed by atoms with E-state index in [9.17, 15) is 9.59 Å². The maximum Gasteiger partial charge on any atom is 0.340 e. The van der Waals surface area contributed by atoms with Crippen LogP contribution in [-0.2, 0) is 11.2 Å². The highest BCUT2D eigenvalue weighted by atomic mass is 16.4. The molecule has 1 aromatic carbocycles. The minimum absolute atomic E-state index is 0.140. The fourth-order valence-corrected chi connectivity index (χ4v) is 1.88. The Morgan fingerprint density at radius 2 is 2.12 bits per heavy atom. The Morgan fingerprint density at radius 3 is 2.76 bits per heavy atom. The van der Waals surface area contributed by atoms with E-state index in [-0.39, 0.29) is 12.0 Å². The molecule has 2 rings (SSSR count). The number of aryl methyl sites for hydroxylation is 1. The number of amides is 1. The molecule has 1 aromatic heterocycles. The maximum atomic E-state index is 11.7. The van der Waals surface area contributed by atoms with Gasteiger partial charge in [-0.15, -0.1) is 0 Å². The Morgan fingerprint density at radius 1 is 1.41 bits per heavy atom. The third kappa shape index (κ3) is 1.87. The first-order chi connectivity index (χ1) is 8.00. The van der Waals surface area contributed by atoms with Crippen molar-refractivity contribution in [1.29, 1.82) is 0 Å². The predicted octanol–water partition coefficient (Wildman–Crippen LogP) is 0.711. The molecule has 0 fully saturated rings. The van der Waals surface area contributed by atoms with E-state index in [1.54, 1.807) is 25.1 Å². The van der Waals surface area contributed by atoms with Gasteiger partial charge < -0.3 is 15.9 Å². The van der Waals surface area contributed by atoms with Crippen molar-refractivity contribution in [2.45, 2.75) is 13.3 Å². The molecule has 0 atom stereocenters. The average molecular weight is 232 g/mol. The van der Waals surface area contributed by atoms with Crippen LogP contribution in [0.3, 0.4) is 0 Å². The minimum atomic E-state index is -0.575. The average Bonchev–Trinajstić information content (AvgIpc) is 2.23. The molecule has 0 bridgehead atoms. The van der Waals surface area contributed by atoms with Crippen LogP contribution in [0.15, 0.2) is 27.4 Å². The number of rotatable bonds is 2. The van der Waals surface area contributed by atoms with Gasteiger partial charge in [0, 0.05) is 11.1 Å². The van der Waals surface area contributed by atoms with Gasteiger partial charge in [-0.3, -0.25) is 4.79 Å². The van der Waals surface area contributed by atoms with Crippen LogP contribution in [0.25, 0.3) is 11.0 Å². The van der Waals surface area contributed by atoms with Gasteiger partial charge in [-0.1, -0.05) is 6.07 Å².